The Morgan fingerprint density at radius 1 is 1.05 bits per heavy atom. The second-order valence-corrected chi connectivity index (χ2v) is 4.89. The van der Waals surface area contributed by atoms with Crippen molar-refractivity contribution >= 4 is 0 Å². The molecule has 4 nitrogen and oxygen atoms in total. The molecule has 1 aromatic rings. The first-order valence-corrected chi connectivity index (χ1v) is 6.85. The third-order valence-electron chi connectivity index (χ3n) is 3.73. The van der Waals surface area contributed by atoms with Crippen molar-refractivity contribution in [3.05, 3.63) is 23.3 Å². The molecule has 0 spiro atoms. The fourth-order valence-electron chi connectivity index (χ4n) is 2.62. The molecule has 1 aromatic carbocycles. The van der Waals surface area contributed by atoms with E-state index in [1.807, 2.05) is 0 Å². The third-order valence-corrected chi connectivity index (χ3v) is 3.73. The van der Waals surface area contributed by atoms with Gasteiger partial charge in [-0.2, -0.15) is 0 Å². The molecule has 1 N–H and O–H groups in total. The summed E-state index contributed by atoms with van der Waals surface area (Å²) in [6, 6.07) is 4.20. The average molecular weight is 265 g/mol. The van der Waals surface area contributed by atoms with Crippen molar-refractivity contribution < 1.29 is 14.6 Å². The lowest BCUT2D eigenvalue weighted by molar-refractivity contribution is 0.229. The Morgan fingerprint density at radius 3 is 2.00 bits per heavy atom. The molecule has 0 radical (unpaired) electrons. The van der Waals surface area contributed by atoms with Crippen LogP contribution in [0.1, 0.15) is 17.5 Å². The molecule has 0 saturated carbocycles. The van der Waals surface area contributed by atoms with E-state index in [0.29, 0.717) is 0 Å². The summed E-state index contributed by atoms with van der Waals surface area (Å²) in [5.41, 5.74) is 2.70. The van der Waals surface area contributed by atoms with Gasteiger partial charge in [0.25, 0.3) is 0 Å². The van der Waals surface area contributed by atoms with E-state index in [9.17, 15) is 0 Å². The van der Waals surface area contributed by atoms with E-state index in [1.54, 1.807) is 14.2 Å². The Balaban J connectivity index is 2.13. The molecule has 1 aliphatic rings. The molecule has 0 atom stereocenters. The molecule has 1 heterocycles. The van der Waals surface area contributed by atoms with Gasteiger partial charge in [0, 0.05) is 26.2 Å². The van der Waals surface area contributed by atoms with Gasteiger partial charge < -0.3 is 19.5 Å². The van der Waals surface area contributed by atoms with Crippen molar-refractivity contribution in [1.29, 1.82) is 0 Å². The maximum atomic E-state index is 8.92. The molecule has 0 bridgehead atoms. The normalized spacial score (nSPS) is 15.7. The van der Waals surface area contributed by atoms with Crippen molar-refractivity contribution in [2.45, 2.75) is 19.3 Å². The van der Waals surface area contributed by atoms with Crippen LogP contribution in [0.4, 0.5) is 0 Å². The van der Waals surface area contributed by atoms with Crippen LogP contribution < -0.4 is 9.47 Å². The van der Waals surface area contributed by atoms with Gasteiger partial charge >= 0.3 is 0 Å². The van der Waals surface area contributed by atoms with Crippen LogP contribution in [0.2, 0.25) is 0 Å². The molecule has 0 unspecified atom stereocenters. The molecule has 1 aliphatic heterocycles. The van der Waals surface area contributed by atoms with E-state index in [1.165, 1.54) is 11.1 Å². The van der Waals surface area contributed by atoms with Crippen LogP contribution >= 0.6 is 0 Å². The monoisotopic (exact) mass is 265 g/mol. The number of hydrogen-bond donors (Lipinski definition) is 1. The Labute approximate surface area is 114 Å². The standard InChI is InChI=1S/C15H23NO3/c1-18-14-10-12-4-7-16(6-3-9-17)8-5-13(12)11-15(14)19-2/h10-11,17H,3-9H2,1-2H3. The van der Waals surface area contributed by atoms with Crippen LogP contribution in [0.25, 0.3) is 0 Å². The van der Waals surface area contributed by atoms with Crippen molar-refractivity contribution in [2.24, 2.45) is 0 Å². The average Bonchev–Trinajstić information content (AvgIpc) is 2.65. The minimum absolute atomic E-state index is 0.269. The summed E-state index contributed by atoms with van der Waals surface area (Å²) >= 11 is 0. The fraction of sp³-hybridized carbons (Fsp3) is 0.600. The summed E-state index contributed by atoms with van der Waals surface area (Å²) in [6.45, 7) is 3.33. The zero-order valence-corrected chi connectivity index (χ0v) is 11.8. The molecule has 19 heavy (non-hydrogen) atoms. The first kappa shape index (κ1) is 14.2. The number of nitrogens with zero attached hydrogens (tertiary/aromatic N) is 1. The number of methoxy groups -OCH3 is 2. The zero-order chi connectivity index (χ0) is 13.7. The molecular weight excluding hydrogens is 242 g/mol. The van der Waals surface area contributed by atoms with E-state index in [-0.39, 0.29) is 6.61 Å². The smallest absolute Gasteiger partial charge is 0.161 e. The summed E-state index contributed by atoms with van der Waals surface area (Å²) in [4.78, 5) is 2.41. The van der Waals surface area contributed by atoms with Crippen LogP contribution in [-0.2, 0) is 12.8 Å². The van der Waals surface area contributed by atoms with E-state index in [2.05, 4.69) is 17.0 Å². The number of ether oxygens (including phenoxy) is 2. The van der Waals surface area contributed by atoms with Gasteiger partial charge in [-0.25, -0.2) is 0 Å². The first-order chi connectivity index (χ1) is 9.28. The van der Waals surface area contributed by atoms with Crippen LogP contribution in [-0.4, -0.2) is 50.5 Å². The largest absolute Gasteiger partial charge is 0.493 e. The number of aliphatic hydroxyl groups is 1. The lowest BCUT2D eigenvalue weighted by atomic mass is 10.0. The molecule has 0 amide bonds. The van der Waals surface area contributed by atoms with Gasteiger partial charge in [0.05, 0.1) is 14.2 Å². The van der Waals surface area contributed by atoms with Gasteiger partial charge in [-0.1, -0.05) is 0 Å². The lowest BCUT2D eigenvalue weighted by Gasteiger charge is -2.18. The van der Waals surface area contributed by atoms with Crippen molar-refractivity contribution in [3.63, 3.8) is 0 Å². The predicted octanol–water partition coefficient (Wildman–Crippen LogP) is 1.49. The van der Waals surface area contributed by atoms with Gasteiger partial charge in [0.15, 0.2) is 11.5 Å². The highest BCUT2D eigenvalue weighted by Crippen LogP contribution is 2.32. The minimum atomic E-state index is 0.269. The second kappa shape index (κ2) is 6.78. The Bertz CT molecular complexity index is 385. The lowest BCUT2D eigenvalue weighted by Crippen LogP contribution is -2.28. The topological polar surface area (TPSA) is 41.9 Å². The Kier molecular flexibility index (Phi) is 5.05. The molecule has 0 saturated heterocycles. The van der Waals surface area contributed by atoms with Crippen LogP contribution in [0, 0.1) is 0 Å². The fourth-order valence-corrected chi connectivity index (χ4v) is 2.62. The number of fused-ring (bicyclic) bond motifs is 1. The number of hydrogen-bond acceptors (Lipinski definition) is 4. The van der Waals surface area contributed by atoms with Gasteiger partial charge in [-0.05, 0) is 42.5 Å². The molecule has 0 aromatic heterocycles. The number of benzene rings is 1. The maximum Gasteiger partial charge on any atom is 0.161 e. The Morgan fingerprint density at radius 2 is 1.58 bits per heavy atom. The first-order valence-electron chi connectivity index (χ1n) is 6.85. The SMILES string of the molecule is COc1cc2c(cc1OC)CCN(CCCO)CC2. The van der Waals surface area contributed by atoms with Crippen LogP contribution in [0.5, 0.6) is 11.5 Å². The molecule has 106 valence electrons. The van der Waals surface area contributed by atoms with Gasteiger partial charge in [0.1, 0.15) is 0 Å². The third kappa shape index (κ3) is 3.39. The summed E-state index contributed by atoms with van der Waals surface area (Å²) in [6.07, 6.45) is 2.91. The van der Waals surface area contributed by atoms with Crippen molar-refractivity contribution in [2.75, 3.05) is 40.5 Å². The molecule has 2 rings (SSSR count). The maximum absolute atomic E-state index is 8.92. The summed E-state index contributed by atoms with van der Waals surface area (Å²) in [7, 11) is 3.35. The highest BCUT2D eigenvalue weighted by atomic mass is 16.5. The van der Waals surface area contributed by atoms with Gasteiger partial charge in [0.2, 0.25) is 0 Å². The van der Waals surface area contributed by atoms with Gasteiger partial charge in [-0.3, -0.25) is 0 Å². The number of rotatable bonds is 5. The quantitative estimate of drug-likeness (QED) is 0.876. The molecule has 0 fully saturated rings. The molecule has 4 heteroatoms. The highest BCUT2D eigenvalue weighted by molar-refractivity contribution is 5.48. The zero-order valence-electron chi connectivity index (χ0n) is 11.8. The van der Waals surface area contributed by atoms with Crippen molar-refractivity contribution in [1.82, 2.24) is 4.90 Å². The Hall–Kier alpha value is -1.26. The summed E-state index contributed by atoms with van der Waals surface area (Å²) in [5, 5.41) is 8.92. The predicted molar refractivity (Wildman–Crippen MR) is 75.1 cm³/mol. The van der Waals surface area contributed by atoms with Crippen LogP contribution in [0.3, 0.4) is 0 Å². The van der Waals surface area contributed by atoms with Crippen molar-refractivity contribution in [3.8, 4) is 11.5 Å². The molecule has 0 aliphatic carbocycles. The summed E-state index contributed by atoms with van der Waals surface area (Å²) < 4.78 is 10.7. The van der Waals surface area contributed by atoms with E-state index >= 15 is 0 Å². The van der Waals surface area contributed by atoms with E-state index in [4.69, 9.17) is 14.6 Å². The van der Waals surface area contributed by atoms with Gasteiger partial charge in [-0.15, -0.1) is 0 Å². The molecular formula is C15H23NO3. The van der Waals surface area contributed by atoms with Crippen LogP contribution in [0.15, 0.2) is 12.1 Å². The minimum Gasteiger partial charge on any atom is -0.493 e. The van der Waals surface area contributed by atoms with E-state index < -0.39 is 0 Å². The summed E-state index contributed by atoms with van der Waals surface area (Å²) in [5.74, 6) is 1.62. The number of aliphatic hydroxyl groups excluding tert-OH is 1. The highest BCUT2D eigenvalue weighted by Gasteiger charge is 2.16. The second-order valence-electron chi connectivity index (χ2n) is 4.89. The van der Waals surface area contributed by atoms with E-state index in [0.717, 1.165) is 50.4 Å².